The van der Waals surface area contributed by atoms with Gasteiger partial charge >= 0.3 is 0 Å². The van der Waals surface area contributed by atoms with E-state index < -0.39 is 0 Å². The molecule has 0 saturated carbocycles. The fourth-order valence-corrected chi connectivity index (χ4v) is 2.32. The van der Waals surface area contributed by atoms with E-state index in [4.69, 9.17) is 4.74 Å². The highest BCUT2D eigenvalue weighted by atomic mass is 16.5. The van der Waals surface area contributed by atoms with Gasteiger partial charge in [-0.1, -0.05) is 13.0 Å². The van der Waals surface area contributed by atoms with Crippen molar-refractivity contribution in [3.63, 3.8) is 0 Å². The molecule has 0 radical (unpaired) electrons. The molecule has 2 rings (SSSR count). The van der Waals surface area contributed by atoms with Crippen molar-refractivity contribution in [1.82, 2.24) is 4.90 Å². The van der Waals surface area contributed by atoms with Crippen molar-refractivity contribution in [2.24, 2.45) is 0 Å². The van der Waals surface area contributed by atoms with Crippen molar-refractivity contribution in [3.05, 3.63) is 23.5 Å². The van der Waals surface area contributed by atoms with Crippen LogP contribution in [0.2, 0.25) is 0 Å². The average molecular weight is 207 g/mol. The second kappa shape index (κ2) is 4.84. The first-order chi connectivity index (χ1) is 7.29. The number of hydrogen-bond acceptors (Lipinski definition) is 2. The van der Waals surface area contributed by atoms with Gasteiger partial charge in [0.1, 0.15) is 11.9 Å². The van der Waals surface area contributed by atoms with Crippen molar-refractivity contribution in [2.45, 2.75) is 38.7 Å². The monoisotopic (exact) mass is 207 g/mol. The van der Waals surface area contributed by atoms with Crippen LogP contribution in [0.5, 0.6) is 0 Å². The predicted octanol–water partition coefficient (Wildman–Crippen LogP) is 2.72. The van der Waals surface area contributed by atoms with Gasteiger partial charge in [0.25, 0.3) is 0 Å². The summed E-state index contributed by atoms with van der Waals surface area (Å²) in [6.45, 7) is 4.45. The summed E-state index contributed by atoms with van der Waals surface area (Å²) < 4.78 is 6.08. The molecule has 15 heavy (non-hydrogen) atoms. The van der Waals surface area contributed by atoms with Gasteiger partial charge in [0, 0.05) is 13.1 Å². The van der Waals surface area contributed by atoms with E-state index in [2.05, 4.69) is 31.0 Å². The summed E-state index contributed by atoms with van der Waals surface area (Å²) in [7, 11) is 2.16. The number of nitrogens with zero attached hydrogens (tertiary/aromatic N) is 1. The van der Waals surface area contributed by atoms with Crippen LogP contribution in [-0.2, 0) is 4.74 Å². The van der Waals surface area contributed by atoms with E-state index in [9.17, 15) is 0 Å². The summed E-state index contributed by atoms with van der Waals surface area (Å²) in [5, 5.41) is 0. The van der Waals surface area contributed by atoms with Crippen LogP contribution in [-0.4, -0.2) is 31.1 Å². The highest BCUT2D eigenvalue weighted by molar-refractivity contribution is 5.28. The van der Waals surface area contributed by atoms with Crippen LogP contribution in [0, 0.1) is 0 Å². The Morgan fingerprint density at radius 3 is 2.87 bits per heavy atom. The van der Waals surface area contributed by atoms with Crippen molar-refractivity contribution < 1.29 is 4.74 Å². The summed E-state index contributed by atoms with van der Waals surface area (Å²) in [6.07, 6.45) is 9.58. The maximum absolute atomic E-state index is 6.08. The molecule has 0 aromatic rings. The minimum absolute atomic E-state index is 0.411. The van der Waals surface area contributed by atoms with E-state index in [-0.39, 0.29) is 0 Å². The van der Waals surface area contributed by atoms with E-state index in [0.717, 1.165) is 25.1 Å². The van der Waals surface area contributed by atoms with Crippen molar-refractivity contribution in [1.29, 1.82) is 0 Å². The van der Waals surface area contributed by atoms with Gasteiger partial charge in [0.15, 0.2) is 0 Å². The van der Waals surface area contributed by atoms with Gasteiger partial charge in [-0.15, -0.1) is 0 Å². The molecular formula is C13H21NO. The summed E-state index contributed by atoms with van der Waals surface area (Å²) in [5.41, 5.74) is 1.40. The van der Waals surface area contributed by atoms with Crippen LogP contribution in [0.1, 0.15) is 32.6 Å². The Kier molecular flexibility index (Phi) is 3.47. The number of likely N-dealkylation sites (N-methyl/N-ethyl adjacent to an activating group) is 1. The molecule has 0 amide bonds. The predicted molar refractivity (Wildman–Crippen MR) is 62.7 cm³/mol. The first-order valence-electron chi connectivity index (χ1n) is 6.04. The van der Waals surface area contributed by atoms with Gasteiger partial charge in [-0.05, 0) is 44.4 Å². The molecule has 0 N–H and O–H groups in total. The third-order valence-corrected chi connectivity index (χ3v) is 3.23. The summed E-state index contributed by atoms with van der Waals surface area (Å²) in [6, 6.07) is 0. The van der Waals surface area contributed by atoms with Crippen LogP contribution in [0.3, 0.4) is 0 Å². The molecule has 84 valence electrons. The van der Waals surface area contributed by atoms with Crippen LogP contribution in [0.15, 0.2) is 23.5 Å². The third-order valence-electron chi connectivity index (χ3n) is 3.23. The van der Waals surface area contributed by atoms with Gasteiger partial charge in [0.2, 0.25) is 0 Å². The van der Waals surface area contributed by atoms with Gasteiger partial charge in [0.05, 0.1) is 0 Å². The summed E-state index contributed by atoms with van der Waals surface area (Å²) >= 11 is 0. The minimum Gasteiger partial charge on any atom is -0.489 e. The van der Waals surface area contributed by atoms with E-state index >= 15 is 0 Å². The zero-order valence-electron chi connectivity index (χ0n) is 9.83. The molecule has 1 saturated heterocycles. The normalized spacial score (nSPS) is 27.5. The molecule has 1 fully saturated rings. The fraction of sp³-hybridized carbons (Fsp3) is 0.692. The number of ether oxygens (including phenoxy) is 1. The van der Waals surface area contributed by atoms with Crippen LogP contribution < -0.4 is 0 Å². The summed E-state index contributed by atoms with van der Waals surface area (Å²) in [4.78, 5) is 2.34. The average Bonchev–Trinajstić information content (AvgIpc) is 2.65. The van der Waals surface area contributed by atoms with Gasteiger partial charge in [-0.3, -0.25) is 0 Å². The minimum atomic E-state index is 0.411. The van der Waals surface area contributed by atoms with Gasteiger partial charge < -0.3 is 9.64 Å². The lowest BCUT2D eigenvalue weighted by Gasteiger charge is -2.20. The van der Waals surface area contributed by atoms with Crippen LogP contribution in [0.25, 0.3) is 0 Å². The quantitative estimate of drug-likeness (QED) is 0.705. The SMILES string of the molecule is CCC1=CCCC=C1O[C@H]1CCN(C)C1. The molecule has 1 aliphatic carbocycles. The number of allylic oxidation sites excluding steroid dienone is 3. The largest absolute Gasteiger partial charge is 0.489 e. The molecule has 2 nitrogen and oxygen atoms in total. The molecule has 0 aromatic carbocycles. The standard InChI is InChI=1S/C13H21NO/c1-3-11-6-4-5-7-13(11)15-12-8-9-14(2)10-12/h6-7,12H,3-5,8-10H2,1-2H3/t12-/m0/s1. The highest BCUT2D eigenvalue weighted by Gasteiger charge is 2.22. The van der Waals surface area contributed by atoms with Crippen molar-refractivity contribution in [3.8, 4) is 0 Å². The van der Waals surface area contributed by atoms with E-state index in [1.165, 1.54) is 25.0 Å². The van der Waals surface area contributed by atoms with Crippen LogP contribution >= 0.6 is 0 Å². The Bertz CT molecular complexity index is 280. The second-order valence-corrected chi connectivity index (χ2v) is 4.52. The molecule has 0 spiro atoms. The van der Waals surface area contributed by atoms with Crippen molar-refractivity contribution >= 4 is 0 Å². The number of likely N-dealkylation sites (tertiary alicyclic amines) is 1. The summed E-state index contributed by atoms with van der Waals surface area (Å²) in [5.74, 6) is 1.16. The first-order valence-corrected chi connectivity index (χ1v) is 6.04. The second-order valence-electron chi connectivity index (χ2n) is 4.52. The Labute approximate surface area is 92.6 Å². The molecule has 1 atom stereocenters. The molecule has 2 heteroatoms. The fourth-order valence-electron chi connectivity index (χ4n) is 2.32. The maximum Gasteiger partial charge on any atom is 0.118 e. The molecular weight excluding hydrogens is 186 g/mol. The molecule has 2 aliphatic rings. The smallest absolute Gasteiger partial charge is 0.118 e. The third kappa shape index (κ3) is 2.63. The lowest BCUT2D eigenvalue weighted by Crippen LogP contribution is -2.19. The number of hydrogen-bond donors (Lipinski definition) is 0. The Balaban J connectivity index is 1.93. The van der Waals surface area contributed by atoms with E-state index in [1.807, 2.05) is 0 Å². The zero-order valence-corrected chi connectivity index (χ0v) is 9.83. The highest BCUT2D eigenvalue weighted by Crippen LogP contribution is 2.25. The van der Waals surface area contributed by atoms with Crippen LogP contribution in [0.4, 0.5) is 0 Å². The maximum atomic E-state index is 6.08. The molecule has 0 unspecified atom stereocenters. The number of rotatable bonds is 3. The Hall–Kier alpha value is -0.760. The lowest BCUT2D eigenvalue weighted by atomic mass is 10.0. The lowest BCUT2D eigenvalue weighted by molar-refractivity contribution is 0.127. The molecule has 1 aliphatic heterocycles. The first kappa shape index (κ1) is 10.7. The molecule has 0 bridgehead atoms. The van der Waals surface area contributed by atoms with E-state index in [1.54, 1.807) is 0 Å². The Morgan fingerprint density at radius 2 is 2.20 bits per heavy atom. The van der Waals surface area contributed by atoms with Crippen molar-refractivity contribution in [2.75, 3.05) is 20.1 Å². The van der Waals surface area contributed by atoms with Gasteiger partial charge in [-0.25, -0.2) is 0 Å². The van der Waals surface area contributed by atoms with E-state index in [0.29, 0.717) is 6.10 Å². The Morgan fingerprint density at radius 1 is 1.40 bits per heavy atom. The topological polar surface area (TPSA) is 12.5 Å². The molecule has 1 heterocycles. The van der Waals surface area contributed by atoms with Gasteiger partial charge in [-0.2, -0.15) is 0 Å². The zero-order chi connectivity index (χ0) is 10.7. The molecule has 0 aromatic heterocycles.